The van der Waals surface area contributed by atoms with Crippen LogP contribution in [0.15, 0.2) is 58.8 Å². The standard InChI is InChI=1S/C22H22N4O2S/c1-15-5-7-17(8-6-15)14-26-18-4-3-10-23-20(18)25(22(26)28)12-11-24-21(27)19-16(2)9-13-29-19/h3-10,13H,11-12,14H2,1-2H3,(H,24,27). The Balaban J connectivity index is 1.57. The summed E-state index contributed by atoms with van der Waals surface area (Å²) in [5, 5.41) is 4.81. The molecule has 148 valence electrons. The third kappa shape index (κ3) is 3.86. The number of aromatic nitrogens is 3. The first-order valence-electron chi connectivity index (χ1n) is 9.46. The summed E-state index contributed by atoms with van der Waals surface area (Å²) in [7, 11) is 0. The topological polar surface area (TPSA) is 68.9 Å². The zero-order chi connectivity index (χ0) is 20.4. The van der Waals surface area contributed by atoms with Gasteiger partial charge in [0.25, 0.3) is 5.91 Å². The van der Waals surface area contributed by atoms with Gasteiger partial charge in [0.2, 0.25) is 0 Å². The van der Waals surface area contributed by atoms with E-state index in [0.29, 0.717) is 30.2 Å². The number of pyridine rings is 1. The van der Waals surface area contributed by atoms with Gasteiger partial charge in [-0.3, -0.25) is 13.9 Å². The minimum atomic E-state index is -0.124. The molecule has 6 nitrogen and oxygen atoms in total. The quantitative estimate of drug-likeness (QED) is 0.534. The van der Waals surface area contributed by atoms with Gasteiger partial charge in [0.1, 0.15) is 0 Å². The van der Waals surface area contributed by atoms with Crippen LogP contribution < -0.4 is 11.0 Å². The van der Waals surface area contributed by atoms with E-state index in [9.17, 15) is 9.59 Å². The maximum absolute atomic E-state index is 13.1. The van der Waals surface area contributed by atoms with Crippen LogP contribution in [0.3, 0.4) is 0 Å². The van der Waals surface area contributed by atoms with Gasteiger partial charge in [0, 0.05) is 19.3 Å². The number of thiophene rings is 1. The Morgan fingerprint density at radius 3 is 2.62 bits per heavy atom. The molecule has 0 aliphatic rings. The van der Waals surface area contributed by atoms with Gasteiger partial charge in [-0.05, 0) is 48.6 Å². The summed E-state index contributed by atoms with van der Waals surface area (Å²) >= 11 is 1.42. The van der Waals surface area contributed by atoms with Gasteiger partial charge in [0.05, 0.1) is 16.9 Å². The van der Waals surface area contributed by atoms with Crippen molar-refractivity contribution in [2.75, 3.05) is 6.54 Å². The van der Waals surface area contributed by atoms with Gasteiger partial charge < -0.3 is 5.32 Å². The fourth-order valence-electron chi connectivity index (χ4n) is 3.34. The number of hydrogen-bond acceptors (Lipinski definition) is 4. The summed E-state index contributed by atoms with van der Waals surface area (Å²) in [6.07, 6.45) is 1.68. The van der Waals surface area contributed by atoms with Crippen LogP contribution in [0.1, 0.15) is 26.4 Å². The largest absolute Gasteiger partial charge is 0.350 e. The highest BCUT2D eigenvalue weighted by atomic mass is 32.1. The zero-order valence-corrected chi connectivity index (χ0v) is 17.2. The molecule has 1 N–H and O–H groups in total. The van der Waals surface area contributed by atoms with E-state index < -0.39 is 0 Å². The molecule has 1 aromatic carbocycles. The number of nitrogens with one attached hydrogen (secondary N) is 1. The predicted octanol–water partition coefficient (Wildman–Crippen LogP) is 3.35. The Morgan fingerprint density at radius 1 is 1.10 bits per heavy atom. The fourth-order valence-corrected chi connectivity index (χ4v) is 4.19. The van der Waals surface area contributed by atoms with E-state index in [1.807, 2.05) is 61.7 Å². The number of aryl methyl sites for hydroxylation is 2. The molecule has 3 heterocycles. The first-order valence-corrected chi connectivity index (χ1v) is 10.3. The lowest BCUT2D eigenvalue weighted by Gasteiger charge is -2.06. The van der Waals surface area contributed by atoms with Gasteiger partial charge >= 0.3 is 5.69 Å². The SMILES string of the molecule is Cc1ccc(Cn2c(=O)n(CCNC(=O)c3sccc3C)c3ncccc32)cc1. The number of carbonyl (C=O) groups excluding carboxylic acids is 1. The van der Waals surface area contributed by atoms with Crippen molar-refractivity contribution in [1.29, 1.82) is 0 Å². The van der Waals surface area contributed by atoms with Crippen molar-refractivity contribution < 1.29 is 4.79 Å². The van der Waals surface area contributed by atoms with E-state index in [1.165, 1.54) is 16.9 Å². The van der Waals surface area contributed by atoms with Crippen molar-refractivity contribution in [2.45, 2.75) is 26.9 Å². The number of amides is 1. The highest BCUT2D eigenvalue weighted by Crippen LogP contribution is 2.15. The molecule has 0 unspecified atom stereocenters. The molecule has 0 aliphatic heterocycles. The molecule has 1 amide bonds. The van der Waals surface area contributed by atoms with E-state index in [-0.39, 0.29) is 11.6 Å². The van der Waals surface area contributed by atoms with Gasteiger partial charge in [-0.1, -0.05) is 29.8 Å². The van der Waals surface area contributed by atoms with Crippen molar-refractivity contribution in [1.82, 2.24) is 19.4 Å². The van der Waals surface area contributed by atoms with Crippen molar-refractivity contribution >= 4 is 28.4 Å². The zero-order valence-electron chi connectivity index (χ0n) is 16.4. The number of benzene rings is 1. The third-order valence-electron chi connectivity index (χ3n) is 4.92. The van der Waals surface area contributed by atoms with Crippen molar-refractivity contribution in [3.8, 4) is 0 Å². The van der Waals surface area contributed by atoms with Crippen LogP contribution in [0.5, 0.6) is 0 Å². The molecule has 0 fully saturated rings. The first kappa shape index (κ1) is 19.1. The molecule has 4 rings (SSSR count). The Labute approximate surface area is 172 Å². The van der Waals surface area contributed by atoms with E-state index in [0.717, 1.165) is 16.6 Å². The molecular formula is C22H22N4O2S. The average molecular weight is 407 g/mol. The summed E-state index contributed by atoms with van der Waals surface area (Å²) in [4.78, 5) is 30.5. The summed E-state index contributed by atoms with van der Waals surface area (Å²) < 4.78 is 3.36. The van der Waals surface area contributed by atoms with Crippen LogP contribution in [0.25, 0.3) is 11.2 Å². The van der Waals surface area contributed by atoms with Crippen LogP contribution in [0.4, 0.5) is 0 Å². The molecule has 0 saturated heterocycles. The Morgan fingerprint density at radius 2 is 1.90 bits per heavy atom. The van der Waals surface area contributed by atoms with Gasteiger partial charge in [-0.15, -0.1) is 11.3 Å². The van der Waals surface area contributed by atoms with Crippen LogP contribution in [0, 0.1) is 13.8 Å². The van der Waals surface area contributed by atoms with Crippen LogP contribution in [0.2, 0.25) is 0 Å². The summed E-state index contributed by atoms with van der Waals surface area (Å²) in [6.45, 7) is 5.16. The predicted molar refractivity (Wildman–Crippen MR) is 116 cm³/mol. The molecule has 0 atom stereocenters. The highest BCUT2D eigenvalue weighted by molar-refractivity contribution is 7.12. The summed E-state index contributed by atoms with van der Waals surface area (Å²) in [5.41, 5.74) is 4.50. The molecule has 29 heavy (non-hydrogen) atoms. The smallest absolute Gasteiger partial charge is 0.330 e. The second-order valence-electron chi connectivity index (χ2n) is 7.04. The van der Waals surface area contributed by atoms with Crippen LogP contribution in [-0.2, 0) is 13.1 Å². The van der Waals surface area contributed by atoms with Crippen molar-refractivity contribution in [3.63, 3.8) is 0 Å². The number of imidazole rings is 1. The van der Waals surface area contributed by atoms with Crippen LogP contribution in [-0.4, -0.2) is 26.6 Å². The number of carbonyl (C=O) groups is 1. The molecule has 7 heteroatoms. The van der Waals surface area contributed by atoms with E-state index in [2.05, 4.69) is 10.3 Å². The van der Waals surface area contributed by atoms with E-state index >= 15 is 0 Å². The molecule has 0 spiro atoms. The Bertz CT molecular complexity index is 1220. The average Bonchev–Trinajstić information content (AvgIpc) is 3.26. The fraction of sp³-hybridized carbons (Fsp3) is 0.227. The Kier molecular flexibility index (Phi) is 5.31. The molecule has 0 radical (unpaired) electrons. The minimum absolute atomic E-state index is 0.109. The maximum atomic E-state index is 13.1. The molecule has 3 aromatic heterocycles. The van der Waals surface area contributed by atoms with Crippen molar-refractivity contribution in [2.24, 2.45) is 0 Å². The maximum Gasteiger partial charge on any atom is 0.330 e. The molecule has 0 bridgehead atoms. The minimum Gasteiger partial charge on any atom is -0.350 e. The summed E-state index contributed by atoms with van der Waals surface area (Å²) in [6, 6.07) is 13.8. The molecular weight excluding hydrogens is 384 g/mol. The lowest BCUT2D eigenvalue weighted by Crippen LogP contribution is -2.31. The van der Waals surface area contributed by atoms with Crippen LogP contribution >= 0.6 is 11.3 Å². The van der Waals surface area contributed by atoms with Gasteiger partial charge in [-0.2, -0.15) is 0 Å². The molecule has 4 aromatic rings. The monoisotopic (exact) mass is 406 g/mol. The number of fused-ring (bicyclic) bond motifs is 1. The lowest BCUT2D eigenvalue weighted by atomic mass is 10.1. The number of rotatable bonds is 6. The second kappa shape index (κ2) is 8.05. The molecule has 0 aliphatic carbocycles. The third-order valence-corrected chi connectivity index (χ3v) is 5.94. The lowest BCUT2D eigenvalue weighted by molar-refractivity contribution is 0.0956. The second-order valence-corrected chi connectivity index (χ2v) is 7.96. The van der Waals surface area contributed by atoms with Gasteiger partial charge in [0.15, 0.2) is 5.65 Å². The molecule has 0 saturated carbocycles. The number of hydrogen-bond donors (Lipinski definition) is 1. The Hall–Kier alpha value is -3.19. The number of nitrogens with zero attached hydrogens (tertiary/aromatic N) is 3. The van der Waals surface area contributed by atoms with E-state index in [1.54, 1.807) is 15.3 Å². The van der Waals surface area contributed by atoms with Gasteiger partial charge in [-0.25, -0.2) is 9.78 Å². The first-order chi connectivity index (χ1) is 14.0. The normalized spacial score (nSPS) is 11.1. The van der Waals surface area contributed by atoms with Crippen molar-refractivity contribution in [3.05, 3.63) is 86.1 Å². The van der Waals surface area contributed by atoms with E-state index in [4.69, 9.17) is 0 Å². The summed E-state index contributed by atoms with van der Waals surface area (Å²) in [5.74, 6) is -0.109. The highest BCUT2D eigenvalue weighted by Gasteiger charge is 2.15.